The van der Waals surface area contributed by atoms with E-state index in [0.29, 0.717) is 17.6 Å². The van der Waals surface area contributed by atoms with Gasteiger partial charge in [0.2, 0.25) is 5.91 Å². The van der Waals surface area contributed by atoms with Gasteiger partial charge in [0.05, 0.1) is 0 Å². The van der Waals surface area contributed by atoms with Gasteiger partial charge in [-0.3, -0.25) is 4.79 Å². The highest BCUT2D eigenvalue weighted by Gasteiger charge is 2.17. The van der Waals surface area contributed by atoms with Crippen LogP contribution >= 0.6 is 12.2 Å². The number of hydrogen-bond donors (Lipinski definition) is 2. The molecule has 1 amide bonds. The monoisotopic (exact) mass is 301 g/mol. The summed E-state index contributed by atoms with van der Waals surface area (Å²) in [7, 11) is 0. The van der Waals surface area contributed by atoms with Gasteiger partial charge in [-0.05, 0) is 30.4 Å². The zero-order valence-corrected chi connectivity index (χ0v) is 12.7. The van der Waals surface area contributed by atoms with Crippen molar-refractivity contribution >= 4 is 34.0 Å². The van der Waals surface area contributed by atoms with Crippen molar-refractivity contribution in [2.45, 2.75) is 38.3 Å². The molecule has 1 aromatic carbocycles. The summed E-state index contributed by atoms with van der Waals surface area (Å²) in [5.74, 6) is 0.0696. The van der Waals surface area contributed by atoms with Crippen LogP contribution in [-0.4, -0.2) is 21.5 Å². The highest BCUT2D eigenvalue weighted by atomic mass is 32.1. The van der Waals surface area contributed by atoms with Crippen LogP contribution in [0.1, 0.15) is 31.2 Å². The SMILES string of the molecule is NC(=S)c1ccc2ccn(CC(=O)NC3CCCC3)c2c1. The van der Waals surface area contributed by atoms with Crippen LogP contribution in [0.15, 0.2) is 30.5 Å². The van der Waals surface area contributed by atoms with Crippen molar-refractivity contribution in [3.8, 4) is 0 Å². The second kappa shape index (κ2) is 5.85. The number of rotatable bonds is 4. The summed E-state index contributed by atoms with van der Waals surface area (Å²) in [6.07, 6.45) is 6.57. The van der Waals surface area contributed by atoms with Crippen molar-refractivity contribution in [2.24, 2.45) is 5.73 Å². The molecule has 1 aliphatic rings. The van der Waals surface area contributed by atoms with Gasteiger partial charge in [-0.1, -0.05) is 37.2 Å². The lowest BCUT2D eigenvalue weighted by Gasteiger charge is -2.13. The number of nitrogens with two attached hydrogens (primary N) is 1. The maximum absolute atomic E-state index is 12.1. The van der Waals surface area contributed by atoms with E-state index in [4.69, 9.17) is 18.0 Å². The molecule has 0 spiro atoms. The van der Waals surface area contributed by atoms with Gasteiger partial charge >= 0.3 is 0 Å². The molecule has 5 heteroatoms. The minimum absolute atomic E-state index is 0.0696. The molecule has 0 unspecified atom stereocenters. The Morgan fingerprint density at radius 3 is 2.81 bits per heavy atom. The van der Waals surface area contributed by atoms with E-state index in [1.54, 1.807) is 0 Å². The zero-order chi connectivity index (χ0) is 14.8. The Kier molecular flexibility index (Phi) is 3.92. The molecule has 1 aliphatic carbocycles. The molecule has 1 saturated carbocycles. The lowest BCUT2D eigenvalue weighted by molar-refractivity contribution is -0.122. The van der Waals surface area contributed by atoms with Crippen molar-refractivity contribution in [3.05, 3.63) is 36.0 Å². The molecule has 0 aliphatic heterocycles. The normalized spacial score (nSPS) is 15.4. The van der Waals surface area contributed by atoms with Gasteiger partial charge in [0.25, 0.3) is 0 Å². The lowest BCUT2D eigenvalue weighted by Crippen LogP contribution is -2.35. The van der Waals surface area contributed by atoms with Crippen LogP contribution < -0.4 is 11.1 Å². The van der Waals surface area contributed by atoms with Crippen molar-refractivity contribution in [3.63, 3.8) is 0 Å². The predicted octanol–water partition coefficient (Wildman–Crippen LogP) is 2.33. The van der Waals surface area contributed by atoms with E-state index in [0.717, 1.165) is 29.3 Å². The molecule has 21 heavy (non-hydrogen) atoms. The zero-order valence-electron chi connectivity index (χ0n) is 11.8. The first-order valence-corrected chi connectivity index (χ1v) is 7.72. The van der Waals surface area contributed by atoms with E-state index >= 15 is 0 Å². The number of carbonyl (C=O) groups is 1. The van der Waals surface area contributed by atoms with Gasteiger partial charge in [-0.25, -0.2) is 0 Å². The number of amides is 1. The number of benzene rings is 1. The van der Waals surface area contributed by atoms with Crippen LogP contribution in [0.3, 0.4) is 0 Å². The van der Waals surface area contributed by atoms with E-state index in [9.17, 15) is 4.79 Å². The van der Waals surface area contributed by atoms with Crippen LogP contribution in [0.25, 0.3) is 10.9 Å². The largest absolute Gasteiger partial charge is 0.389 e. The standard InChI is InChI=1S/C16H19N3OS/c17-16(21)12-6-5-11-7-8-19(14(11)9-12)10-15(20)18-13-3-1-2-4-13/h5-9,13H,1-4,10H2,(H2,17,21)(H,18,20). The van der Waals surface area contributed by atoms with Gasteiger partial charge in [0.15, 0.2) is 0 Å². The fourth-order valence-electron chi connectivity index (χ4n) is 2.97. The van der Waals surface area contributed by atoms with Crippen LogP contribution in [0.2, 0.25) is 0 Å². The van der Waals surface area contributed by atoms with E-state index < -0.39 is 0 Å². The summed E-state index contributed by atoms with van der Waals surface area (Å²) in [5, 5.41) is 4.20. The quantitative estimate of drug-likeness (QED) is 0.852. The molecule has 110 valence electrons. The summed E-state index contributed by atoms with van der Waals surface area (Å²) in [6.45, 7) is 0.334. The average Bonchev–Trinajstić information content (AvgIpc) is 3.08. The van der Waals surface area contributed by atoms with Crippen LogP contribution in [-0.2, 0) is 11.3 Å². The number of nitrogens with zero attached hydrogens (tertiary/aromatic N) is 1. The summed E-state index contributed by atoms with van der Waals surface area (Å²) in [5.41, 5.74) is 7.49. The predicted molar refractivity (Wildman–Crippen MR) is 88.2 cm³/mol. The molecule has 1 aromatic heterocycles. The molecule has 3 rings (SSSR count). The maximum Gasteiger partial charge on any atom is 0.240 e. The summed E-state index contributed by atoms with van der Waals surface area (Å²) < 4.78 is 1.95. The van der Waals surface area contributed by atoms with Crippen molar-refractivity contribution in [2.75, 3.05) is 0 Å². The van der Waals surface area contributed by atoms with Gasteiger partial charge in [0.1, 0.15) is 11.5 Å². The fourth-order valence-corrected chi connectivity index (χ4v) is 3.10. The number of aromatic nitrogens is 1. The summed E-state index contributed by atoms with van der Waals surface area (Å²) in [4.78, 5) is 12.5. The maximum atomic E-state index is 12.1. The minimum Gasteiger partial charge on any atom is -0.389 e. The highest BCUT2D eigenvalue weighted by Crippen LogP contribution is 2.19. The molecule has 0 bridgehead atoms. The summed E-state index contributed by atoms with van der Waals surface area (Å²) >= 11 is 5.01. The van der Waals surface area contributed by atoms with Crippen molar-refractivity contribution in [1.82, 2.24) is 9.88 Å². The molecule has 0 radical (unpaired) electrons. The molecule has 1 heterocycles. The van der Waals surface area contributed by atoms with Crippen LogP contribution in [0.5, 0.6) is 0 Å². The topological polar surface area (TPSA) is 60.0 Å². The Bertz CT molecular complexity index is 686. The lowest BCUT2D eigenvalue weighted by atomic mass is 10.1. The molecule has 0 saturated heterocycles. The first-order valence-electron chi connectivity index (χ1n) is 7.31. The van der Waals surface area contributed by atoms with E-state index in [2.05, 4.69) is 5.32 Å². The second-order valence-electron chi connectivity index (χ2n) is 5.63. The first kappa shape index (κ1) is 14.1. The average molecular weight is 301 g/mol. The smallest absolute Gasteiger partial charge is 0.240 e. The number of hydrogen-bond acceptors (Lipinski definition) is 2. The molecule has 4 nitrogen and oxygen atoms in total. The molecular formula is C16H19N3OS. The van der Waals surface area contributed by atoms with Crippen LogP contribution in [0, 0.1) is 0 Å². The third kappa shape index (κ3) is 3.08. The van der Waals surface area contributed by atoms with Crippen LogP contribution in [0.4, 0.5) is 0 Å². The third-order valence-corrected chi connectivity index (χ3v) is 4.33. The third-order valence-electron chi connectivity index (χ3n) is 4.09. The molecule has 1 fully saturated rings. The number of thiocarbonyl (C=S) groups is 1. The number of carbonyl (C=O) groups excluding carboxylic acids is 1. The van der Waals surface area contributed by atoms with Crippen molar-refractivity contribution < 1.29 is 4.79 Å². The van der Waals surface area contributed by atoms with E-state index in [1.165, 1.54) is 12.8 Å². The first-order chi connectivity index (χ1) is 10.1. The van der Waals surface area contributed by atoms with Gasteiger partial charge in [-0.15, -0.1) is 0 Å². The van der Waals surface area contributed by atoms with Crippen molar-refractivity contribution in [1.29, 1.82) is 0 Å². The number of fused-ring (bicyclic) bond motifs is 1. The summed E-state index contributed by atoms with van der Waals surface area (Å²) in [6, 6.07) is 8.19. The molecule has 2 aromatic rings. The highest BCUT2D eigenvalue weighted by molar-refractivity contribution is 7.80. The Balaban J connectivity index is 1.78. The van der Waals surface area contributed by atoms with E-state index in [-0.39, 0.29) is 5.91 Å². The second-order valence-corrected chi connectivity index (χ2v) is 6.07. The Morgan fingerprint density at radius 2 is 2.10 bits per heavy atom. The van der Waals surface area contributed by atoms with Gasteiger partial charge in [0, 0.05) is 23.3 Å². The van der Waals surface area contributed by atoms with Gasteiger partial charge in [-0.2, -0.15) is 0 Å². The Labute approximate surface area is 129 Å². The molecule has 3 N–H and O–H groups in total. The Morgan fingerprint density at radius 1 is 1.33 bits per heavy atom. The molecule has 0 atom stereocenters. The minimum atomic E-state index is 0.0696. The number of nitrogens with one attached hydrogen (secondary N) is 1. The fraction of sp³-hybridized carbons (Fsp3) is 0.375. The Hall–Kier alpha value is -1.88. The van der Waals surface area contributed by atoms with Gasteiger partial charge < -0.3 is 15.6 Å². The van der Waals surface area contributed by atoms with E-state index in [1.807, 2.05) is 35.0 Å². The molecular weight excluding hydrogens is 282 g/mol.